The van der Waals surface area contributed by atoms with Crippen molar-refractivity contribution in [3.8, 4) is 0 Å². The Bertz CT molecular complexity index is 303. The van der Waals surface area contributed by atoms with Gasteiger partial charge in [0.1, 0.15) is 0 Å². The minimum Gasteiger partial charge on any atom is -0.338 e. The van der Waals surface area contributed by atoms with Crippen molar-refractivity contribution in [1.82, 2.24) is 4.90 Å². The van der Waals surface area contributed by atoms with Crippen LogP contribution in [0, 0.1) is 0 Å². The molecule has 0 spiro atoms. The zero-order valence-corrected chi connectivity index (χ0v) is 10.2. The fourth-order valence-electron chi connectivity index (χ4n) is 2.79. The first-order valence-corrected chi connectivity index (χ1v) is 6.31. The van der Waals surface area contributed by atoms with E-state index >= 15 is 0 Å². The van der Waals surface area contributed by atoms with Crippen LogP contribution in [0.15, 0.2) is 11.6 Å². The van der Waals surface area contributed by atoms with Crippen LogP contribution in [0.25, 0.3) is 0 Å². The first-order chi connectivity index (χ1) is 7.59. The summed E-state index contributed by atoms with van der Waals surface area (Å²) >= 11 is 0. The molecule has 0 unspecified atom stereocenters. The predicted molar refractivity (Wildman–Crippen MR) is 65.0 cm³/mol. The van der Waals surface area contributed by atoms with Crippen molar-refractivity contribution in [3.63, 3.8) is 0 Å². The van der Waals surface area contributed by atoms with Crippen molar-refractivity contribution < 1.29 is 4.79 Å². The standard InChI is InChI=1S/C13H22N2O/c1-11-5-4-8-15(10-11)12(16)9-13(14)6-2-3-7-13/h5H,2-4,6-10,14H2,1H3. The lowest BCUT2D eigenvalue weighted by Gasteiger charge is -2.30. The molecule has 16 heavy (non-hydrogen) atoms. The van der Waals surface area contributed by atoms with Crippen LogP contribution in [0.3, 0.4) is 0 Å². The number of carbonyl (C=O) groups excluding carboxylic acids is 1. The van der Waals surface area contributed by atoms with Gasteiger partial charge in [0, 0.05) is 25.0 Å². The Morgan fingerprint density at radius 3 is 2.81 bits per heavy atom. The Morgan fingerprint density at radius 2 is 2.19 bits per heavy atom. The van der Waals surface area contributed by atoms with Crippen LogP contribution in [0.5, 0.6) is 0 Å². The molecule has 0 aromatic rings. The summed E-state index contributed by atoms with van der Waals surface area (Å²) in [6.07, 6.45) is 8.15. The molecule has 1 fully saturated rings. The maximum Gasteiger partial charge on any atom is 0.224 e. The van der Waals surface area contributed by atoms with Gasteiger partial charge >= 0.3 is 0 Å². The van der Waals surface area contributed by atoms with E-state index in [1.165, 1.54) is 18.4 Å². The molecule has 0 atom stereocenters. The molecule has 2 aliphatic rings. The van der Waals surface area contributed by atoms with Crippen LogP contribution in [0.2, 0.25) is 0 Å². The lowest BCUT2D eigenvalue weighted by Crippen LogP contribution is -2.45. The Morgan fingerprint density at radius 1 is 1.50 bits per heavy atom. The molecule has 1 aliphatic heterocycles. The largest absolute Gasteiger partial charge is 0.338 e. The molecule has 2 N–H and O–H groups in total. The van der Waals surface area contributed by atoms with Crippen LogP contribution in [0.4, 0.5) is 0 Å². The van der Waals surface area contributed by atoms with Gasteiger partial charge in [-0.25, -0.2) is 0 Å². The van der Waals surface area contributed by atoms with E-state index in [9.17, 15) is 4.79 Å². The highest BCUT2D eigenvalue weighted by Crippen LogP contribution is 2.30. The van der Waals surface area contributed by atoms with Gasteiger partial charge in [0.25, 0.3) is 0 Å². The highest BCUT2D eigenvalue weighted by Gasteiger charge is 2.33. The van der Waals surface area contributed by atoms with Crippen molar-refractivity contribution in [1.29, 1.82) is 0 Å². The smallest absolute Gasteiger partial charge is 0.224 e. The van der Waals surface area contributed by atoms with E-state index in [0.717, 1.165) is 32.4 Å². The molecule has 0 radical (unpaired) electrons. The van der Waals surface area contributed by atoms with Gasteiger partial charge in [-0.1, -0.05) is 24.5 Å². The van der Waals surface area contributed by atoms with E-state index in [1.54, 1.807) is 0 Å². The van der Waals surface area contributed by atoms with E-state index in [0.29, 0.717) is 6.42 Å². The van der Waals surface area contributed by atoms with Crippen molar-refractivity contribution in [2.24, 2.45) is 5.73 Å². The second-order valence-corrected chi connectivity index (χ2v) is 5.40. The molecule has 2 rings (SSSR count). The molecule has 1 amide bonds. The molecular weight excluding hydrogens is 200 g/mol. The maximum absolute atomic E-state index is 12.1. The number of amides is 1. The van der Waals surface area contributed by atoms with Crippen LogP contribution in [-0.4, -0.2) is 29.4 Å². The zero-order chi connectivity index (χ0) is 11.6. The third kappa shape index (κ3) is 2.64. The summed E-state index contributed by atoms with van der Waals surface area (Å²) in [5, 5.41) is 0. The Kier molecular flexibility index (Phi) is 3.33. The summed E-state index contributed by atoms with van der Waals surface area (Å²) < 4.78 is 0. The monoisotopic (exact) mass is 222 g/mol. The molecule has 3 nitrogen and oxygen atoms in total. The number of hydrogen-bond acceptors (Lipinski definition) is 2. The summed E-state index contributed by atoms with van der Waals surface area (Å²) in [4.78, 5) is 14.1. The SMILES string of the molecule is CC1=CCCN(C(=O)CC2(N)CCCC2)C1. The molecule has 0 bridgehead atoms. The molecular formula is C13H22N2O. The second-order valence-electron chi connectivity index (χ2n) is 5.40. The molecule has 90 valence electrons. The average molecular weight is 222 g/mol. The lowest BCUT2D eigenvalue weighted by atomic mass is 9.93. The number of rotatable bonds is 2. The zero-order valence-electron chi connectivity index (χ0n) is 10.2. The van der Waals surface area contributed by atoms with Gasteiger partial charge in [-0.3, -0.25) is 4.79 Å². The van der Waals surface area contributed by atoms with E-state index in [1.807, 2.05) is 4.90 Å². The van der Waals surface area contributed by atoms with Gasteiger partial charge in [-0.15, -0.1) is 0 Å². The molecule has 0 saturated heterocycles. The minimum absolute atomic E-state index is 0.202. The normalized spacial score (nSPS) is 24.4. The molecule has 1 heterocycles. The van der Waals surface area contributed by atoms with Gasteiger partial charge in [-0.2, -0.15) is 0 Å². The van der Waals surface area contributed by atoms with Gasteiger partial charge in [0.15, 0.2) is 0 Å². The van der Waals surface area contributed by atoms with E-state index in [-0.39, 0.29) is 11.4 Å². The van der Waals surface area contributed by atoms with Crippen LogP contribution in [0.1, 0.15) is 45.4 Å². The van der Waals surface area contributed by atoms with Gasteiger partial charge in [0.2, 0.25) is 5.91 Å². The Labute approximate surface area is 97.7 Å². The van der Waals surface area contributed by atoms with Crippen molar-refractivity contribution in [2.75, 3.05) is 13.1 Å². The quantitative estimate of drug-likeness (QED) is 0.724. The molecule has 1 aliphatic carbocycles. The van der Waals surface area contributed by atoms with Crippen molar-refractivity contribution >= 4 is 5.91 Å². The van der Waals surface area contributed by atoms with Gasteiger partial charge < -0.3 is 10.6 Å². The topological polar surface area (TPSA) is 46.3 Å². The lowest BCUT2D eigenvalue weighted by molar-refractivity contribution is -0.132. The fourth-order valence-corrected chi connectivity index (χ4v) is 2.79. The fraction of sp³-hybridized carbons (Fsp3) is 0.769. The molecule has 3 heteroatoms. The van der Waals surface area contributed by atoms with Crippen LogP contribution < -0.4 is 5.73 Å². The van der Waals surface area contributed by atoms with E-state index in [4.69, 9.17) is 5.73 Å². The Hall–Kier alpha value is -0.830. The summed E-state index contributed by atoms with van der Waals surface area (Å²) in [6, 6.07) is 0. The van der Waals surface area contributed by atoms with Gasteiger partial charge in [0.05, 0.1) is 0 Å². The number of hydrogen-bond donors (Lipinski definition) is 1. The summed E-state index contributed by atoms with van der Waals surface area (Å²) in [6.45, 7) is 3.76. The van der Waals surface area contributed by atoms with Crippen LogP contribution >= 0.6 is 0 Å². The summed E-state index contributed by atoms with van der Waals surface area (Å²) in [7, 11) is 0. The maximum atomic E-state index is 12.1. The van der Waals surface area contributed by atoms with Crippen molar-refractivity contribution in [3.05, 3.63) is 11.6 Å². The number of nitrogens with two attached hydrogens (primary N) is 1. The second kappa shape index (κ2) is 4.58. The van der Waals surface area contributed by atoms with E-state index < -0.39 is 0 Å². The summed E-state index contributed by atoms with van der Waals surface area (Å²) in [5.74, 6) is 0.247. The average Bonchev–Trinajstić information content (AvgIpc) is 2.65. The third-order valence-electron chi connectivity index (χ3n) is 3.79. The third-order valence-corrected chi connectivity index (χ3v) is 3.79. The Balaban J connectivity index is 1.90. The first kappa shape index (κ1) is 11.6. The van der Waals surface area contributed by atoms with Gasteiger partial charge in [-0.05, 0) is 26.2 Å². The predicted octanol–water partition coefficient (Wildman–Crippen LogP) is 1.83. The van der Waals surface area contributed by atoms with E-state index in [2.05, 4.69) is 13.0 Å². The summed E-state index contributed by atoms with van der Waals surface area (Å²) in [5.41, 5.74) is 7.34. The minimum atomic E-state index is -0.202. The van der Waals surface area contributed by atoms with Crippen LogP contribution in [-0.2, 0) is 4.79 Å². The van der Waals surface area contributed by atoms with Crippen molar-refractivity contribution in [2.45, 2.75) is 51.0 Å². The molecule has 1 saturated carbocycles. The number of nitrogens with zero attached hydrogens (tertiary/aromatic N) is 1. The highest BCUT2D eigenvalue weighted by molar-refractivity contribution is 5.78. The number of carbonyl (C=O) groups is 1. The molecule has 0 aromatic heterocycles. The highest BCUT2D eigenvalue weighted by atomic mass is 16.2. The molecule has 0 aromatic carbocycles. The first-order valence-electron chi connectivity index (χ1n) is 6.31.